The van der Waals surface area contributed by atoms with E-state index in [1.807, 2.05) is 32.0 Å². The summed E-state index contributed by atoms with van der Waals surface area (Å²) in [5.74, 6) is 2.71. The van der Waals surface area contributed by atoms with Gasteiger partial charge in [0.1, 0.15) is 10.8 Å². The average Bonchev–Trinajstić information content (AvgIpc) is 3.34. The van der Waals surface area contributed by atoms with E-state index in [2.05, 4.69) is 30.5 Å². The molecule has 0 spiro atoms. The predicted octanol–water partition coefficient (Wildman–Crippen LogP) is 2.57. The van der Waals surface area contributed by atoms with E-state index in [9.17, 15) is 0 Å². The first-order valence-electron chi connectivity index (χ1n) is 8.00. The summed E-state index contributed by atoms with van der Waals surface area (Å²) in [6.07, 6.45) is 2.22. The van der Waals surface area contributed by atoms with Crippen LogP contribution in [0.1, 0.15) is 41.8 Å². The standard InChI is InChI=1S/C16H16ClN7O/c1-9-4-3-5-12(18-9)24-13(21-22-23-24)8-25-16-14(17)10(2)19-15(20-16)11-6-7-11/h3-5,11H,6-8H2,1-2H3. The molecule has 0 bridgehead atoms. The maximum absolute atomic E-state index is 6.29. The van der Waals surface area contributed by atoms with Gasteiger partial charge < -0.3 is 4.74 Å². The molecule has 4 rings (SSSR count). The van der Waals surface area contributed by atoms with E-state index < -0.39 is 0 Å². The molecule has 0 atom stereocenters. The van der Waals surface area contributed by atoms with Gasteiger partial charge in [-0.25, -0.2) is 9.97 Å². The molecule has 0 unspecified atom stereocenters. The minimum Gasteiger partial charge on any atom is -0.468 e. The van der Waals surface area contributed by atoms with Gasteiger partial charge in [0.25, 0.3) is 0 Å². The summed E-state index contributed by atoms with van der Waals surface area (Å²) in [6.45, 7) is 3.89. The molecule has 1 fully saturated rings. The predicted molar refractivity (Wildman–Crippen MR) is 89.8 cm³/mol. The fourth-order valence-electron chi connectivity index (χ4n) is 2.43. The quantitative estimate of drug-likeness (QED) is 0.692. The van der Waals surface area contributed by atoms with Gasteiger partial charge in [-0.1, -0.05) is 17.7 Å². The number of ether oxygens (including phenoxy) is 1. The van der Waals surface area contributed by atoms with Gasteiger partial charge in [-0.15, -0.1) is 5.10 Å². The lowest BCUT2D eigenvalue weighted by Crippen LogP contribution is -2.10. The van der Waals surface area contributed by atoms with Crippen molar-refractivity contribution in [3.05, 3.63) is 46.3 Å². The van der Waals surface area contributed by atoms with E-state index in [1.54, 1.807) is 0 Å². The number of hydrogen-bond donors (Lipinski definition) is 0. The van der Waals surface area contributed by atoms with E-state index in [4.69, 9.17) is 16.3 Å². The molecule has 0 amide bonds. The lowest BCUT2D eigenvalue weighted by Gasteiger charge is -2.10. The minimum absolute atomic E-state index is 0.128. The first-order chi connectivity index (χ1) is 12.1. The molecule has 8 nitrogen and oxygen atoms in total. The summed E-state index contributed by atoms with van der Waals surface area (Å²) in [5, 5.41) is 12.1. The van der Waals surface area contributed by atoms with Crippen molar-refractivity contribution >= 4 is 11.6 Å². The van der Waals surface area contributed by atoms with Gasteiger partial charge in [-0.2, -0.15) is 9.67 Å². The average molecular weight is 358 g/mol. The van der Waals surface area contributed by atoms with Crippen LogP contribution < -0.4 is 4.74 Å². The highest BCUT2D eigenvalue weighted by atomic mass is 35.5. The fourth-order valence-corrected chi connectivity index (χ4v) is 2.57. The molecule has 3 heterocycles. The number of hydrogen-bond acceptors (Lipinski definition) is 7. The Morgan fingerprint density at radius 2 is 2.04 bits per heavy atom. The molecular formula is C16H16ClN7O. The van der Waals surface area contributed by atoms with Crippen molar-refractivity contribution in [3.63, 3.8) is 0 Å². The molecule has 1 aliphatic carbocycles. The maximum atomic E-state index is 6.29. The van der Waals surface area contributed by atoms with Gasteiger partial charge in [0.2, 0.25) is 5.88 Å². The van der Waals surface area contributed by atoms with Crippen LogP contribution in [0.4, 0.5) is 0 Å². The zero-order valence-electron chi connectivity index (χ0n) is 13.8. The molecule has 3 aromatic heterocycles. The van der Waals surface area contributed by atoms with Crippen LogP contribution in [0.25, 0.3) is 5.82 Å². The summed E-state index contributed by atoms with van der Waals surface area (Å²) in [4.78, 5) is 13.3. The van der Waals surface area contributed by atoms with E-state index in [0.717, 1.165) is 24.4 Å². The largest absolute Gasteiger partial charge is 0.468 e. The van der Waals surface area contributed by atoms with E-state index in [-0.39, 0.29) is 6.61 Å². The van der Waals surface area contributed by atoms with Gasteiger partial charge in [-0.3, -0.25) is 0 Å². The summed E-state index contributed by atoms with van der Waals surface area (Å²) in [7, 11) is 0. The molecule has 3 aromatic rings. The Hall–Kier alpha value is -2.61. The van der Waals surface area contributed by atoms with Crippen LogP contribution >= 0.6 is 11.6 Å². The van der Waals surface area contributed by atoms with Crippen molar-refractivity contribution in [1.29, 1.82) is 0 Å². The Morgan fingerprint density at radius 3 is 2.80 bits per heavy atom. The van der Waals surface area contributed by atoms with E-state index >= 15 is 0 Å². The number of pyridine rings is 1. The highest BCUT2D eigenvalue weighted by molar-refractivity contribution is 6.32. The van der Waals surface area contributed by atoms with Crippen molar-refractivity contribution in [2.75, 3.05) is 0 Å². The first-order valence-corrected chi connectivity index (χ1v) is 8.37. The smallest absolute Gasteiger partial charge is 0.236 e. The number of aromatic nitrogens is 7. The van der Waals surface area contributed by atoms with Crippen molar-refractivity contribution in [2.45, 2.75) is 39.2 Å². The van der Waals surface area contributed by atoms with Crippen molar-refractivity contribution < 1.29 is 4.74 Å². The number of rotatable bonds is 5. The van der Waals surface area contributed by atoms with Crippen LogP contribution in [-0.2, 0) is 6.61 Å². The van der Waals surface area contributed by atoms with Crippen molar-refractivity contribution in [1.82, 2.24) is 35.2 Å². The van der Waals surface area contributed by atoms with Gasteiger partial charge in [0.05, 0.1) is 5.69 Å². The molecule has 128 valence electrons. The Balaban J connectivity index is 1.58. The normalized spacial score (nSPS) is 13.9. The van der Waals surface area contributed by atoms with E-state index in [0.29, 0.717) is 34.2 Å². The number of tetrazole rings is 1. The maximum Gasteiger partial charge on any atom is 0.236 e. The summed E-state index contributed by atoms with van der Waals surface area (Å²) >= 11 is 6.29. The van der Waals surface area contributed by atoms with Crippen LogP contribution in [0.5, 0.6) is 5.88 Å². The van der Waals surface area contributed by atoms with Crippen LogP contribution in [-0.4, -0.2) is 35.2 Å². The second-order valence-electron chi connectivity index (χ2n) is 5.99. The fraction of sp³-hybridized carbons (Fsp3) is 0.375. The molecule has 1 saturated carbocycles. The Labute approximate surface area is 149 Å². The Kier molecular flexibility index (Phi) is 4.04. The molecule has 0 saturated heterocycles. The van der Waals surface area contributed by atoms with Crippen LogP contribution in [0.3, 0.4) is 0 Å². The SMILES string of the molecule is Cc1cccc(-n2nnnc2COc2nc(C3CC3)nc(C)c2Cl)n1. The summed E-state index contributed by atoms with van der Waals surface area (Å²) in [5.41, 5.74) is 1.59. The van der Waals surface area contributed by atoms with Gasteiger partial charge in [0, 0.05) is 11.6 Å². The summed E-state index contributed by atoms with van der Waals surface area (Å²) in [6, 6.07) is 5.64. The third kappa shape index (κ3) is 3.30. The number of nitrogens with zero attached hydrogens (tertiary/aromatic N) is 7. The number of halogens is 1. The van der Waals surface area contributed by atoms with Crippen molar-refractivity contribution in [3.8, 4) is 11.7 Å². The third-order valence-corrected chi connectivity index (χ3v) is 4.34. The highest BCUT2D eigenvalue weighted by Gasteiger charge is 2.28. The molecule has 0 aromatic carbocycles. The topological polar surface area (TPSA) is 91.5 Å². The molecule has 0 aliphatic heterocycles. The molecule has 0 radical (unpaired) electrons. The molecular weight excluding hydrogens is 342 g/mol. The van der Waals surface area contributed by atoms with Gasteiger partial charge >= 0.3 is 0 Å². The van der Waals surface area contributed by atoms with Crippen LogP contribution in [0, 0.1) is 13.8 Å². The monoisotopic (exact) mass is 357 g/mol. The number of aryl methyl sites for hydroxylation is 2. The van der Waals surface area contributed by atoms with Crippen molar-refractivity contribution in [2.24, 2.45) is 0 Å². The van der Waals surface area contributed by atoms with Crippen LogP contribution in [0.2, 0.25) is 5.02 Å². The molecule has 1 aliphatic rings. The lowest BCUT2D eigenvalue weighted by molar-refractivity contribution is 0.279. The highest BCUT2D eigenvalue weighted by Crippen LogP contribution is 2.40. The first kappa shape index (κ1) is 15.9. The molecule has 9 heteroatoms. The minimum atomic E-state index is 0.128. The third-order valence-electron chi connectivity index (χ3n) is 3.91. The second kappa shape index (κ2) is 6.36. The lowest BCUT2D eigenvalue weighted by atomic mass is 10.3. The molecule has 0 N–H and O–H groups in total. The zero-order valence-corrected chi connectivity index (χ0v) is 14.6. The van der Waals surface area contributed by atoms with Gasteiger partial charge in [-0.05, 0) is 49.2 Å². The van der Waals surface area contributed by atoms with E-state index in [1.165, 1.54) is 4.68 Å². The Bertz CT molecular complexity index is 923. The summed E-state index contributed by atoms with van der Waals surface area (Å²) < 4.78 is 7.34. The second-order valence-corrected chi connectivity index (χ2v) is 6.37. The Morgan fingerprint density at radius 1 is 1.20 bits per heavy atom. The van der Waals surface area contributed by atoms with Gasteiger partial charge in [0.15, 0.2) is 18.2 Å². The molecule has 25 heavy (non-hydrogen) atoms. The zero-order chi connectivity index (χ0) is 17.4. The van der Waals surface area contributed by atoms with Crippen LogP contribution in [0.15, 0.2) is 18.2 Å².